The minimum absolute atomic E-state index is 0.0690. The number of unbranched alkanes of at least 4 members (excludes halogenated alkanes) is 46. The first-order valence-electron chi connectivity index (χ1n) is 36.3. The van der Waals surface area contributed by atoms with Crippen LogP contribution in [-0.4, -0.2) is 37.2 Å². The van der Waals surface area contributed by atoms with Gasteiger partial charge in [-0.3, -0.25) is 14.4 Å². The van der Waals surface area contributed by atoms with E-state index in [0.29, 0.717) is 19.3 Å². The Balaban J connectivity index is 4.18. The van der Waals surface area contributed by atoms with Gasteiger partial charge < -0.3 is 14.2 Å². The van der Waals surface area contributed by atoms with Gasteiger partial charge >= 0.3 is 17.9 Å². The van der Waals surface area contributed by atoms with Crippen LogP contribution in [0.2, 0.25) is 0 Å². The Morgan fingerprint density at radius 1 is 0.256 bits per heavy atom. The van der Waals surface area contributed by atoms with Crippen molar-refractivity contribution < 1.29 is 28.6 Å². The fourth-order valence-electron chi connectivity index (χ4n) is 10.9. The van der Waals surface area contributed by atoms with Crippen LogP contribution in [0.4, 0.5) is 0 Å². The highest BCUT2D eigenvalue weighted by Crippen LogP contribution is 2.19. The predicted octanol–water partition coefficient (Wildman–Crippen LogP) is 25.1. The molecule has 0 bridgehead atoms. The lowest BCUT2D eigenvalue weighted by atomic mass is 10.0. The highest BCUT2D eigenvalue weighted by molar-refractivity contribution is 5.71. The third kappa shape index (κ3) is 67.9. The van der Waals surface area contributed by atoms with E-state index in [1.165, 1.54) is 257 Å². The zero-order valence-corrected chi connectivity index (χ0v) is 55.0. The van der Waals surface area contributed by atoms with E-state index in [9.17, 15) is 14.4 Å². The third-order valence-electron chi connectivity index (χ3n) is 16.3. The number of ether oxygens (including phenoxy) is 3. The van der Waals surface area contributed by atoms with E-state index in [2.05, 4.69) is 81.5 Å². The molecule has 0 fully saturated rings. The molecule has 1 unspecified atom stereocenters. The summed E-state index contributed by atoms with van der Waals surface area (Å²) in [5.74, 6) is -0.846. The lowest BCUT2D eigenvalue weighted by molar-refractivity contribution is -0.167. The van der Waals surface area contributed by atoms with Gasteiger partial charge in [0.2, 0.25) is 0 Å². The molecule has 0 radical (unpaired) electrons. The molecule has 0 N–H and O–H groups in total. The number of carbonyl (C=O) groups excluding carboxylic acids is 3. The summed E-state index contributed by atoms with van der Waals surface area (Å²) in [6.07, 6.45) is 91.2. The summed E-state index contributed by atoms with van der Waals surface area (Å²) in [6.45, 7) is 6.59. The zero-order valence-electron chi connectivity index (χ0n) is 55.0. The monoisotopic (exact) mass is 1150 g/mol. The van der Waals surface area contributed by atoms with Crippen LogP contribution in [0.3, 0.4) is 0 Å². The van der Waals surface area contributed by atoms with Crippen molar-refractivity contribution in [2.45, 2.75) is 393 Å². The van der Waals surface area contributed by atoms with E-state index in [-0.39, 0.29) is 31.1 Å². The second-order valence-corrected chi connectivity index (χ2v) is 24.5. The third-order valence-corrected chi connectivity index (χ3v) is 16.3. The summed E-state index contributed by atoms with van der Waals surface area (Å²) in [5, 5.41) is 0. The van der Waals surface area contributed by atoms with E-state index >= 15 is 0 Å². The number of hydrogen-bond donors (Lipinski definition) is 0. The van der Waals surface area contributed by atoms with Crippen LogP contribution in [0.5, 0.6) is 0 Å². The molecule has 1 atom stereocenters. The molecule has 0 aromatic heterocycles. The molecule has 0 aliphatic heterocycles. The first-order chi connectivity index (χ1) is 40.5. The molecule has 82 heavy (non-hydrogen) atoms. The summed E-state index contributed by atoms with van der Waals surface area (Å²) < 4.78 is 17.0. The van der Waals surface area contributed by atoms with Crippen molar-refractivity contribution in [2.24, 2.45) is 0 Å². The van der Waals surface area contributed by atoms with Crippen molar-refractivity contribution in [2.75, 3.05) is 13.2 Å². The first kappa shape index (κ1) is 79.1. The average Bonchev–Trinajstić information content (AvgIpc) is 3.48. The molecule has 0 aromatic rings. The van der Waals surface area contributed by atoms with Crippen LogP contribution < -0.4 is 0 Å². The van der Waals surface area contributed by atoms with Gasteiger partial charge in [0.15, 0.2) is 6.10 Å². The van der Waals surface area contributed by atoms with Crippen LogP contribution >= 0.6 is 0 Å². The SMILES string of the molecule is CC/C=C\C/C=C\C/C=C\C/C=C\C/C=C\CCCCCCCCCCCCCC(=O)OCC(COC(=O)CCCCCCCCCCCCC)OC(=O)CCCCCCCCCCCCCCCCCCCCCCCCCCCC. The molecule has 0 spiro atoms. The van der Waals surface area contributed by atoms with Crippen LogP contribution in [0.25, 0.3) is 0 Å². The average molecular weight is 1150 g/mol. The maximum Gasteiger partial charge on any atom is 0.306 e. The molecule has 0 saturated heterocycles. The first-order valence-corrected chi connectivity index (χ1v) is 36.3. The fourth-order valence-corrected chi connectivity index (χ4v) is 10.9. The van der Waals surface area contributed by atoms with E-state index < -0.39 is 6.10 Å². The quantitative estimate of drug-likeness (QED) is 0.0261. The van der Waals surface area contributed by atoms with Crippen molar-refractivity contribution in [3.8, 4) is 0 Å². The lowest BCUT2D eigenvalue weighted by Gasteiger charge is -2.18. The van der Waals surface area contributed by atoms with Crippen molar-refractivity contribution in [3.63, 3.8) is 0 Å². The van der Waals surface area contributed by atoms with Crippen LogP contribution in [0.15, 0.2) is 60.8 Å². The van der Waals surface area contributed by atoms with E-state index in [1.807, 2.05) is 0 Å². The molecule has 0 saturated carbocycles. The zero-order chi connectivity index (χ0) is 59.2. The second-order valence-electron chi connectivity index (χ2n) is 24.5. The summed E-state index contributed by atoms with van der Waals surface area (Å²) >= 11 is 0. The van der Waals surface area contributed by atoms with Crippen molar-refractivity contribution >= 4 is 17.9 Å². The van der Waals surface area contributed by atoms with Crippen LogP contribution in [0.1, 0.15) is 387 Å². The minimum atomic E-state index is -0.773. The largest absolute Gasteiger partial charge is 0.462 e. The van der Waals surface area contributed by atoms with Crippen molar-refractivity contribution in [1.29, 1.82) is 0 Å². The Hall–Kier alpha value is -2.89. The Morgan fingerprint density at radius 3 is 0.744 bits per heavy atom. The molecule has 6 heteroatoms. The number of allylic oxidation sites excluding steroid dienone is 10. The van der Waals surface area contributed by atoms with Gasteiger partial charge in [-0.25, -0.2) is 0 Å². The molecular weight excluding hydrogens is 1010 g/mol. The standard InChI is InChI=1S/C76H138O6/c1-4-7-10-13-16-19-22-24-26-28-30-32-34-36-38-40-41-43-45-47-49-51-54-57-60-63-66-69-75(78)81-72-73(71-80-74(77)68-65-62-59-56-53-21-18-15-12-9-6-3)82-76(79)70-67-64-61-58-55-52-50-48-46-44-42-39-37-35-33-31-29-27-25-23-20-17-14-11-8-5-2/h7,10,16,19,24,26,30,32,36,38,73H,4-6,8-9,11-15,17-18,20-23,25,27-29,31,33-35,37,39-72H2,1-3H3/b10-7-,19-16-,26-24-,32-30-,38-36-. The van der Waals surface area contributed by atoms with Gasteiger partial charge in [-0.2, -0.15) is 0 Å². The van der Waals surface area contributed by atoms with E-state index in [4.69, 9.17) is 14.2 Å². The summed E-state index contributed by atoms with van der Waals surface area (Å²) in [4.78, 5) is 38.4. The van der Waals surface area contributed by atoms with Crippen LogP contribution in [0, 0.1) is 0 Å². The molecule has 0 heterocycles. The molecule has 478 valence electrons. The summed E-state index contributed by atoms with van der Waals surface area (Å²) in [7, 11) is 0. The molecule has 0 aliphatic rings. The number of esters is 3. The number of hydrogen-bond acceptors (Lipinski definition) is 6. The van der Waals surface area contributed by atoms with Gasteiger partial charge in [0.05, 0.1) is 0 Å². The Bertz CT molecular complexity index is 1460. The van der Waals surface area contributed by atoms with Gasteiger partial charge in [-0.05, 0) is 64.2 Å². The fraction of sp³-hybridized carbons (Fsp3) is 0.829. The maximum absolute atomic E-state index is 13.0. The summed E-state index contributed by atoms with van der Waals surface area (Å²) in [5.41, 5.74) is 0. The van der Waals surface area contributed by atoms with E-state index in [0.717, 1.165) is 89.9 Å². The Morgan fingerprint density at radius 2 is 0.476 bits per heavy atom. The highest BCUT2D eigenvalue weighted by Gasteiger charge is 2.19. The minimum Gasteiger partial charge on any atom is -0.462 e. The predicted molar refractivity (Wildman–Crippen MR) is 358 cm³/mol. The number of carbonyl (C=O) groups is 3. The van der Waals surface area contributed by atoms with Gasteiger partial charge in [0.1, 0.15) is 13.2 Å². The van der Waals surface area contributed by atoms with E-state index in [1.54, 1.807) is 0 Å². The van der Waals surface area contributed by atoms with Gasteiger partial charge in [0, 0.05) is 19.3 Å². The molecule has 6 nitrogen and oxygen atoms in total. The molecule has 0 rings (SSSR count). The highest BCUT2D eigenvalue weighted by atomic mass is 16.6. The lowest BCUT2D eigenvalue weighted by Crippen LogP contribution is -2.30. The van der Waals surface area contributed by atoms with Crippen molar-refractivity contribution in [3.05, 3.63) is 60.8 Å². The molecule has 0 aromatic carbocycles. The van der Waals surface area contributed by atoms with Crippen LogP contribution in [-0.2, 0) is 28.6 Å². The smallest absolute Gasteiger partial charge is 0.306 e. The number of rotatable bonds is 67. The second kappa shape index (κ2) is 70.6. The van der Waals surface area contributed by atoms with Gasteiger partial charge in [-0.15, -0.1) is 0 Å². The molecule has 0 amide bonds. The topological polar surface area (TPSA) is 78.9 Å². The maximum atomic E-state index is 13.0. The van der Waals surface area contributed by atoms with Gasteiger partial charge in [0.25, 0.3) is 0 Å². The van der Waals surface area contributed by atoms with Gasteiger partial charge in [-0.1, -0.05) is 364 Å². The normalized spacial score (nSPS) is 12.4. The van der Waals surface area contributed by atoms with Crippen molar-refractivity contribution in [1.82, 2.24) is 0 Å². The molecule has 0 aliphatic carbocycles. The Labute approximate surface area is 510 Å². The molecular formula is C76H138O6. The Kier molecular flexibility index (Phi) is 68.1. The summed E-state index contributed by atoms with van der Waals surface area (Å²) in [6, 6.07) is 0.